The standard InChI is InChI=1S/C49H68ClN7O4.C2H6/c1-9-13-39(45-52-40-28-57(25-19-42(40)55(45)8)30-48-20-22-49(29-48,23-21-48)47(60)61)51-38-17-12-15-36(44(38)50)35-14-11-16-37(43(35)31(3)10-2)53-46(59)34(6)54(7)41-18-24-56(26-32(41)4)27-33(5)58;1-2/h11-17,31,33-34,51,58H,9-10,18-30H2,1-8H3,(H,53,59)(H,60,61);1-2H3/b39-13+;. The highest BCUT2D eigenvalue weighted by Crippen LogP contribution is 2.62. The molecule has 2 aliphatic carbocycles. The molecule has 0 radical (unpaired) electrons. The van der Waals surface area contributed by atoms with E-state index in [0.29, 0.717) is 11.6 Å². The second-order valence-corrected chi connectivity index (χ2v) is 19.2. The Kier molecular flexibility index (Phi) is 15.6. The van der Waals surface area contributed by atoms with Crippen LogP contribution in [-0.4, -0.2) is 98.3 Å². The summed E-state index contributed by atoms with van der Waals surface area (Å²) in [5, 5.41) is 27.5. The van der Waals surface area contributed by atoms with E-state index in [-0.39, 0.29) is 23.3 Å². The van der Waals surface area contributed by atoms with Gasteiger partial charge in [0.25, 0.3) is 0 Å². The van der Waals surface area contributed by atoms with E-state index in [1.165, 1.54) is 17.0 Å². The van der Waals surface area contributed by atoms with E-state index in [2.05, 4.69) is 82.9 Å². The van der Waals surface area contributed by atoms with Crippen LogP contribution in [-0.2, 0) is 29.6 Å². The summed E-state index contributed by atoms with van der Waals surface area (Å²) in [6.07, 6.45) is 9.64. The van der Waals surface area contributed by atoms with Gasteiger partial charge in [-0.05, 0) is 106 Å². The van der Waals surface area contributed by atoms with Crippen molar-refractivity contribution in [2.75, 3.05) is 50.4 Å². The fraction of sp³-hybridized carbons (Fsp3) is 0.588. The first-order valence-electron chi connectivity index (χ1n) is 23.6. The Hall–Kier alpha value is -4.16. The number of anilines is 2. The Labute approximate surface area is 382 Å². The summed E-state index contributed by atoms with van der Waals surface area (Å²) in [7, 11) is 4.11. The minimum Gasteiger partial charge on any atom is -0.481 e. The van der Waals surface area contributed by atoms with Crippen molar-refractivity contribution in [1.29, 1.82) is 0 Å². The van der Waals surface area contributed by atoms with Crippen molar-refractivity contribution in [3.05, 3.63) is 81.5 Å². The van der Waals surface area contributed by atoms with Crippen LogP contribution in [0.1, 0.15) is 135 Å². The quantitative estimate of drug-likeness (QED) is 0.111. The molecule has 2 bridgehead atoms. The van der Waals surface area contributed by atoms with Crippen molar-refractivity contribution in [2.45, 2.75) is 138 Å². The zero-order chi connectivity index (χ0) is 45.8. The number of β-amino-alcohol motifs (C(OH)–C–C–N with tert-alkyl or cyclic N) is 1. The molecule has 7 rings (SSSR count). The summed E-state index contributed by atoms with van der Waals surface area (Å²) >= 11 is 7.41. The average Bonchev–Trinajstić information content (AvgIpc) is 3.94. The van der Waals surface area contributed by atoms with Gasteiger partial charge in [-0.15, -0.1) is 0 Å². The van der Waals surface area contributed by atoms with Gasteiger partial charge < -0.3 is 30.3 Å². The molecule has 2 aliphatic heterocycles. The van der Waals surface area contributed by atoms with Crippen LogP contribution in [0.3, 0.4) is 0 Å². The lowest BCUT2D eigenvalue weighted by Gasteiger charge is -2.37. The van der Waals surface area contributed by atoms with Crippen LogP contribution in [0.4, 0.5) is 11.4 Å². The molecule has 344 valence electrons. The maximum absolute atomic E-state index is 14.0. The number of carboxylic acid groups (broad SMARTS) is 1. The zero-order valence-electron chi connectivity index (χ0n) is 39.7. The molecule has 1 amide bonds. The Balaban J connectivity index is 0.00000326. The Morgan fingerprint density at radius 3 is 2.24 bits per heavy atom. The lowest BCUT2D eigenvalue weighted by atomic mass is 9.81. The van der Waals surface area contributed by atoms with Gasteiger partial charge in [-0.2, -0.15) is 0 Å². The van der Waals surface area contributed by atoms with Crippen LogP contribution in [0.15, 0.2) is 53.7 Å². The third-order valence-electron chi connectivity index (χ3n) is 14.5. The number of hydrogen-bond donors (Lipinski definition) is 4. The number of aliphatic hydroxyl groups excluding tert-OH is 1. The van der Waals surface area contributed by atoms with Gasteiger partial charge in [-0.1, -0.05) is 76.6 Å². The van der Waals surface area contributed by atoms with Crippen LogP contribution < -0.4 is 10.6 Å². The molecule has 2 saturated carbocycles. The van der Waals surface area contributed by atoms with Gasteiger partial charge in [0.15, 0.2) is 5.82 Å². The number of carboxylic acids is 1. The van der Waals surface area contributed by atoms with Crippen molar-refractivity contribution >= 4 is 40.5 Å². The molecule has 0 spiro atoms. The van der Waals surface area contributed by atoms with E-state index in [1.54, 1.807) is 0 Å². The Morgan fingerprint density at radius 2 is 1.62 bits per heavy atom. The van der Waals surface area contributed by atoms with Gasteiger partial charge in [0.1, 0.15) is 6.04 Å². The van der Waals surface area contributed by atoms with Crippen molar-refractivity contribution in [1.82, 2.24) is 24.3 Å². The van der Waals surface area contributed by atoms with E-state index in [4.69, 9.17) is 16.6 Å². The van der Waals surface area contributed by atoms with Gasteiger partial charge in [0, 0.05) is 88.8 Å². The normalized spacial score (nSPS) is 22.8. The number of nitrogens with one attached hydrogen (secondary N) is 2. The maximum atomic E-state index is 14.0. The highest BCUT2D eigenvalue weighted by atomic mass is 35.5. The van der Waals surface area contributed by atoms with Crippen molar-refractivity contribution in [3.8, 4) is 11.1 Å². The van der Waals surface area contributed by atoms with Gasteiger partial charge >= 0.3 is 5.97 Å². The highest BCUT2D eigenvalue weighted by Gasteiger charge is 2.58. The molecule has 4 aliphatic rings. The number of carbonyl (C=O) groups is 2. The monoisotopic (exact) mass is 884 g/mol. The fourth-order valence-corrected chi connectivity index (χ4v) is 11.2. The van der Waals surface area contributed by atoms with Crippen LogP contribution >= 0.6 is 11.6 Å². The van der Waals surface area contributed by atoms with E-state index in [0.717, 1.165) is 136 Å². The van der Waals surface area contributed by atoms with Crippen molar-refractivity contribution in [2.24, 2.45) is 17.9 Å². The van der Waals surface area contributed by atoms with Crippen molar-refractivity contribution in [3.63, 3.8) is 0 Å². The minimum atomic E-state index is -0.607. The van der Waals surface area contributed by atoms with E-state index < -0.39 is 17.4 Å². The summed E-state index contributed by atoms with van der Waals surface area (Å²) in [5.74, 6) is 0.347. The minimum absolute atomic E-state index is 0.0652. The Morgan fingerprint density at radius 1 is 0.952 bits per heavy atom. The molecular formula is C51H74ClN7O4. The molecule has 3 unspecified atom stereocenters. The van der Waals surface area contributed by atoms with E-state index in [1.807, 2.05) is 59.0 Å². The zero-order valence-corrected chi connectivity index (χ0v) is 40.5. The average molecular weight is 885 g/mol. The fourth-order valence-electron chi connectivity index (χ4n) is 10.9. The van der Waals surface area contributed by atoms with Gasteiger partial charge in [-0.3, -0.25) is 19.4 Å². The number of carbonyl (C=O) groups excluding carboxylic acids is 1. The molecular weight excluding hydrogens is 810 g/mol. The molecule has 0 saturated heterocycles. The van der Waals surface area contributed by atoms with E-state index >= 15 is 0 Å². The molecule has 63 heavy (non-hydrogen) atoms. The van der Waals surface area contributed by atoms with Crippen molar-refractivity contribution < 1.29 is 19.8 Å². The van der Waals surface area contributed by atoms with Gasteiger partial charge in [-0.25, -0.2) is 4.98 Å². The first-order valence-corrected chi connectivity index (χ1v) is 24.0. The lowest BCUT2D eigenvalue weighted by molar-refractivity contribution is -0.148. The van der Waals surface area contributed by atoms with Crippen LogP contribution in [0.25, 0.3) is 16.8 Å². The SMILES string of the molecule is CC.CC/C=C(/Nc1cccc(-c2cccc(NC(=O)C(C)N(C)C3=C(C)CN(CC(C)O)CC3)c2C(C)CC)c1Cl)c1nc2c(n1C)CCN(CC13CCC(C(=O)O)(CC1)C3)C2. The number of likely N-dealkylation sites (N-methyl/N-ethyl adjacent to an activating group) is 1. The second-order valence-electron chi connectivity index (χ2n) is 18.8. The first-order chi connectivity index (χ1) is 30.1. The molecule has 3 heterocycles. The Bertz CT molecular complexity index is 2180. The second kappa shape index (κ2) is 20.3. The van der Waals surface area contributed by atoms with Gasteiger partial charge in [0.05, 0.1) is 33.6 Å². The number of fused-ring (bicyclic) bond motifs is 3. The van der Waals surface area contributed by atoms with Gasteiger partial charge in [0.2, 0.25) is 5.91 Å². The largest absolute Gasteiger partial charge is 0.481 e. The highest BCUT2D eigenvalue weighted by molar-refractivity contribution is 6.36. The molecule has 1 aromatic heterocycles. The number of allylic oxidation sites excluding steroid dienone is 1. The molecule has 3 aromatic rings. The predicted octanol–water partition coefficient (Wildman–Crippen LogP) is 10.2. The first kappa shape index (κ1) is 48.3. The van der Waals surface area contributed by atoms with Crippen LogP contribution in [0.2, 0.25) is 5.02 Å². The molecule has 12 heteroatoms. The molecule has 2 fully saturated rings. The maximum Gasteiger partial charge on any atom is 0.309 e. The topological polar surface area (TPSA) is 126 Å². The molecule has 3 atom stereocenters. The number of nitrogens with zero attached hydrogens (tertiary/aromatic N) is 5. The third kappa shape index (κ3) is 10.1. The van der Waals surface area contributed by atoms with Crippen LogP contribution in [0, 0.1) is 10.8 Å². The van der Waals surface area contributed by atoms with Crippen LogP contribution in [0.5, 0.6) is 0 Å². The summed E-state index contributed by atoms with van der Waals surface area (Å²) in [6, 6.07) is 11.8. The summed E-state index contributed by atoms with van der Waals surface area (Å²) < 4.78 is 2.22. The van der Waals surface area contributed by atoms with E-state index in [9.17, 15) is 19.8 Å². The number of aliphatic hydroxyl groups is 1. The number of aromatic nitrogens is 2. The number of halogens is 1. The number of imidazole rings is 1. The number of aliphatic carboxylic acids is 1. The summed E-state index contributed by atoms with van der Waals surface area (Å²) in [5.41, 5.74) is 9.77. The molecule has 11 nitrogen and oxygen atoms in total. The number of hydrogen-bond acceptors (Lipinski definition) is 8. The summed E-state index contributed by atoms with van der Waals surface area (Å²) in [4.78, 5) is 38.3. The predicted molar refractivity (Wildman–Crippen MR) is 258 cm³/mol. The third-order valence-corrected chi connectivity index (χ3v) is 14.9. The molecule has 4 N–H and O–H groups in total. The molecule has 2 aromatic carbocycles. The number of amides is 1. The number of rotatable bonds is 16. The summed E-state index contributed by atoms with van der Waals surface area (Å²) in [6.45, 7) is 21.3. The smallest absolute Gasteiger partial charge is 0.309 e. The number of benzene rings is 2. The lowest BCUT2D eigenvalue weighted by Crippen LogP contribution is -2.43.